The number of nitrogens with one attached hydrogen (secondary N) is 1. The zero-order chi connectivity index (χ0) is 13.9. The number of methoxy groups -OCH3 is 2. The first kappa shape index (κ1) is 14.6. The van der Waals surface area contributed by atoms with Crippen molar-refractivity contribution in [2.75, 3.05) is 26.1 Å². The molecule has 0 aliphatic rings. The van der Waals surface area contributed by atoms with Crippen LogP contribution in [0.2, 0.25) is 0 Å². The van der Waals surface area contributed by atoms with Gasteiger partial charge in [-0.1, -0.05) is 0 Å². The minimum Gasteiger partial charge on any atom is -0.496 e. The summed E-state index contributed by atoms with van der Waals surface area (Å²) in [7, 11) is 3.29. The molecule has 1 rings (SSSR count). The Kier molecular flexibility index (Phi) is 4.46. The summed E-state index contributed by atoms with van der Waals surface area (Å²) in [5.41, 5.74) is 2.51. The molecule has 0 unspecified atom stereocenters. The van der Waals surface area contributed by atoms with Crippen molar-refractivity contribution in [3.05, 3.63) is 17.2 Å². The van der Waals surface area contributed by atoms with E-state index >= 15 is 0 Å². The van der Waals surface area contributed by atoms with E-state index < -0.39 is 5.54 Å². The number of benzene rings is 1. The molecule has 1 aromatic carbocycles. The second-order valence-electron chi connectivity index (χ2n) is 5.08. The fourth-order valence-corrected chi connectivity index (χ4v) is 1.83. The van der Waals surface area contributed by atoms with Gasteiger partial charge in [0.25, 0.3) is 0 Å². The predicted octanol–water partition coefficient (Wildman–Crippen LogP) is 2.50. The van der Waals surface area contributed by atoms with E-state index in [9.17, 15) is 5.11 Å². The molecule has 0 radical (unpaired) electrons. The Labute approximate surface area is 109 Å². The zero-order valence-corrected chi connectivity index (χ0v) is 12.0. The normalized spacial score (nSPS) is 11.3. The maximum atomic E-state index is 9.33. The average Bonchev–Trinajstić information content (AvgIpc) is 2.33. The van der Waals surface area contributed by atoms with Crippen molar-refractivity contribution in [3.8, 4) is 11.5 Å². The minimum absolute atomic E-state index is 0.0331. The third-order valence-electron chi connectivity index (χ3n) is 3.09. The lowest BCUT2D eigenvalue weighted by atomic mass is 10.0. The van der Waals surface area contributed by atoms with Gasteiger partial charge in [0.05, 0.1) is 32.1 Å². The van der Waals surface area contributed by atoms with E-state index in [-0.39, 0.29) is 6.61 Å². The van der Waals surface area contributed by atoms with Crippen molar-refractivity contribution >= 4 is 5.69 Å². The summed E-state index contributed by atoms with van der Waals surface area (Å²) < 4.78 is 10.8. The maximum Gasteiger partial charge on any atom is 0.145 e. The largest absolute Gasteiger partial charge is 0.496 e. The molecule has 4 heteroatoms. The molecule has 0 bridgehead atoms. The topological polar surface area (TPSA) is 50.7 Å². The summed E-state index contributed by atoms with van der Waals surface area (Å²) in [4.78, 5) is 0. The molecule has 0 fully saturated rings. The molecule has 0 spiro atoms. The summed E-state index contributed by atoms with van der Waals surface area (Å²) in [6.45, 7) is 7.87. The highest BCUT2D eigenvalue weighted by Gasteiger charge is 2.21. The quantitative estimate of drug-likeness (QED) is 0.846. The molecule has 0 atom stereocenters. The Hall–Kier alpha value is -1.42. The van der Waals surface area contributed by atoms with Crippen LogP contribution in [0.5, 0.6) is 11.5 Å². The van der Waals surface area contributed by atoms with Crippen molar-refractivity contribution in [2.45, 2.75) is 33.2 Å². The third kappa shape index (κ3) is 2.88. The van der Waals surface area contributed by atoms with Gasteiger partial charge in [0.15, 0.2) is 0 Å². The van der Waals surface area contributed by atoms with Crippen LogP contribution in [-0.2, 0) is 0 Å². The maximum absolute atomic E-state index is 9.33. The summed E-state index contributed by atoms with van der Waals surface area (Å²) >= 11 is 0. The third-order valence-corrected chi connectivity index (χ3v) is 3.09. The number of rotatable bonds is 5. The molecule has 4 nitrogen and oxygen atoms in total. The molecule has 0 aromatic heterocycles. The standard InChI is InChI=1S/C14H23NO3/c1-9-10(2)13(18-6)11(7-12(9)17-5)15-14(3,4)8-16/h7,15-16H,8H2,1-6H3. The highest BCUT2D eigenvalue weighted by molar-refractivity contribution is 5.67. The van der Waals surface area contributed by atoms with Crippen LogP contribution in [0.15, 0.2) is 6.07 Å². The summed E-state index contributed by atoms with van der Waals surface area (Å²) in [5.74, 6) is 1.60. The van der Waals surface area contributed by atoms with Crippen LogP contribution >= 0.6 is 0 Å². The Bertz CT molecular complexity index is 428. The van der Waals surface area contributed by atoms with Crippen molar-refractivity contribution in [3.63, 3.8) is 0 Å². The minimum atomic E-state index is -0.417. The highest BCUT2D eigenvalue weighted by atomic mass is 16.5. The van der Waals surface area contributed by atoms with Gasteiger partial charge in [-0.05, 0) is 38.8 Å². The monoisotopic (exact) mass is 253 g/mol. The van der Waals surface area contributed by atoms with Gasteiger partial charge in [0, 0.05) is 6.07 Å². The summed E-state index contributed by atoms with van der Waals surface area (Å²) in [6, 6.07) is 1.90. The van der Waals surface area contributed by atoms with E-state index in [0.29, 0.717) is 0 Å². The highest BCUT2D eigenvalue weighted by Crippen LogP contribution is 2.38. The molecule has 18 heavy (non-hydrogen) atoms. The Morgan fingerprint density at radius 2 is 1.78 bits per heavy atom. The lowest BCUT2D eigenvalue weighted by Gasteiger charge is -2.27. The van der Waals surface area contributed by atoms with Gasteiger partial charge in [0.1, 0.15) is 11.5 Å². The first-order valence-corrected chi connectivity index (χ1v) is 5.97. The first-order valence-electron chi connectivity index (χ1n) is 5.97. The molecule has 2 N–H and O–H groups in total. The molecule has 0 heterocycles. The van der Waals surface area contributed by atoms with Crippen LogP contribution in [0, 0.1) is 13.8 Å². The molecule has 0 aliphatic carbocycles. The van der Waals surface area contributed by atoms with E-state index in [1.807, 2.05) is 33.8 Å². The van der Waals surface area contributed by atoms with Gasteiger partial charge in [-0.25, -0.2) is 0 Å². The summed E-state index contributed by atoms with van der Waals surface area (Å²) in [5, 5.41) is 12.6. The molecule has 0 saturated carbocycles. The Morgan fingerprint density at radius 3 is 2.22 bits per heavy atom. The SMILES string of the molecule is COc1cc(NC(C)(C)CO)c(OC)c(C)c1C. The zero-order valence-electron chi connectivity index (χ0n) is 12.0. The lowest BCUT2D eigenvalue weighted by Crippen LogP contribution is -2.35. The van der Waals surface area contributed by atoms with Crippen molar-refractivity contribution in [2.24, 2.45) is 0 Å². The lowest BCUT2D eigenvalue weighted by molar-refractivity contribution is 0.233. The van der Waals surface area contributed by atoms with Gasteiger partial charge in [-0.2, -0.15) is 0 Å². The molecule has 1 aromatic rings. The van der Waals surface area contributed by atoms with Gasteiger partial charge in [0.2, 0.25) is 0 Å². The first-order chi connectivity index (χ1) is 8.36. The number of aliphatic hydroxyl groups is 1. The Balaban J connectivity index is 3.29. The number of anilines is 1. The Morgan fingerprint density at radius 1 is 1.17 bits per heavy atom. The fraction of sp³-hybridized carbons (Fsp3) is 0.571. The second-order valence-corrected chi connectivity index (χ2v) is 5.08. The van der Waals surface area contributed by atoms with Crippen LogP contribution in [-0.4, -0.2) is 31.5 Å². The van der Waals surface area contributed by atoms with E-state index in [4.69, 9.17) is 9.47 Å². The van der Waals surface area contributed by atoms with E-state index in [2.05, 4.69) is 5.32 Å². The van der Waals surface area contributed by atoms with E-state index in [0.717, 1.165) is 28.3 Å². The van der Waals surface area contributed by atoms with Crippen LogP contribution < -0.4 is 14.8 Å². The smallest absolute Gasteiger partial charge is 0.145 e. The molecule has 102 valence electrons. The number of ether oxygens (including phenoxy) is 2. The van der Waals surface area contributed by atoms with Gasteiger partial charge >= 0.3 is 0 Å². The van der Waals surface area contributed by atoms with Crippen LogP contribution in [0.3, 0.4) is 0 Å². The molecular weight excluding hydrogens is 230 g/mol. The van der Waals surface area contributed by atoms with Gasteiger partial charge in [-0.15, -0.1) is 0 Å². The van der Waals surface area contributed by atoms with Gasteiger partial charge in [-0.3, -0.25) is 0 Å². The van der Waals surface area contributed by atoms with Crippen molar-refractivity contribution in [1.82, 2.24) is 0 Å². The van der Waals surface area contributed by atoms with Crippen LogP contribution in [0.1, 0.15) is 25.0 Å². The number of hydrogen-bond donors (Lipinski definition) is 2. The molecule has 0 saturated heterocycles. The van der Waals surface area contributed by atoms with E-state index in [1.54, 1.807) is 14.2 Å². The number of hydrogen-bond acceptors (Lipinski definition) is 4. The molecular formula is C14H23NO3. The van der Waals surface area contributed by atoms with Crippen molar-refractivity contribution < 1.29 is 14.6 Å². The van der Waals surface area contributed by atoms with Crippen molar-refractivity contribution in [1.29, 1.82) is 0 Å². The van der Waals surface area contributed by atoms with E-state index in [1.165, 1.54) is 0 Å². The number of aliphatic hydroxyl groups excluding tert-OH is 1. The molecule has 0 aliphatic heterocycles. The fourth-order valence-electron chi connectivity index (χ4n) is 1.83. The predicted molar refractivity (Wildman–Crippen MR) is 73.8 cm³/mol. The van der Waals surface area contributed by atoms with Crippen LogP contribution in [0.25, 0.3) is 0 Å². The van der Waals surface area contributed by atoms with Gasteiger partial charge < -0.3 is 19.9 Å². The van der Waals surface area contributed by atoms with Crippen LogP contribution in [0.4, 0.5) is 5.69 Å². The second kappa shape index (κ2) is 5.48. The molecule has 0 amide bonds. The summed E-state index contributed by atoms with van der Waals surface area (Å²) in [6.07, 6.45) is 0. The average molecular weight is 253 g/mol.